The molecule has 1 unspecified atom stereocenters. The Hall–Kier alpha value is -3.03. The van der Waals surface area contributed by atoms with Gasteiger partial charge in [0.1, 0.15) is 17.2 Å². The van der Waals surface area contributed by atoms with Crippen molar-refractivity contribution in [3.05, 3.63) is 58.1 Å². The van der Waals surface area contributed by atoms with Gasteiger partial charge in [-0.1, -0.05) is 64.8 Å². The monoisotopic (exact) mass is 479 g/mol. The van der Waals surface area contributed by atoms with Crippen LogP contribution in [0.15, 0.2) is 30.3 Å². The number of nitrogens with one attached hydrogen (secondary N) is 1. The second-order valence-corrected chi connectivity index (χ2v) is 8.79. The number of carbonyl (C=O) groups is 1. The van der Waals surface area contributed by atoms with E-state index >= 15 is 0 Å². The average molecular weight is 480 g/mol. The number of alkyl halides is 3. The van der Waals surface area contributed by atoms with E-state index in [1.165, 1.54) is 0 Å². The number of phenols is 1. The number of ether oxygens (including phenoxy) is 1. The minimum Gasteiger partial charge on any atom is -0.507 e. The van der Waals surface area contributed by atoms with Crippen LogP contribution in [0.3, 0.4) is 0 Å². The second kappa shape index (κ2) is 11.4. The molecule has 0 aromatic heterocycles. The molecule has 0 radical (unpaired) electrons. The van der Waals surface area contributed by atoms with Crippen LogP contribution in [-0.4, -0.2) is 28.1 Å². The van der Waals surface area contributed by atoms with Gasteiger partial charge in [-0.25, -0.2) is 4.79 Å². The zero-order valence-corrected chi connectivity index (χ0v) is 19.9. The highest BCUT2D eigenvalue weighted by Crippen LogP contribution is 2.41. The number of halogens is 3. The lowest BCUT2D eigenvalue weighted by Gasteiger charge is -2.24. The molecule has 34 heavy (non-hydrogen) atoms. The molecule has 0 aliphatic carbocycles. The van der Waals surface area contributed by atoms with Gasteiger partial charge in [0.15, 0.2) is 0 Å². The molecule has 5 nitrogen and oxygen atoms in total. The van der Waals surface area contributed by atoms with Crippen LogP contribution in [0.4, 0.5) is 13.2 Å². The predicted molar refractivity (Wildman–Crippen MR) is 125 cm³/mol. The van der Waals surface area contributed by atoms with E-state index in [0.29, 0.717) is 36.3 Å². The Kier molecular flexibility index (Phi) is 9.13. The summed E-state index contributed by atoms with van der Waals surface area (Å²) < 4.78 is 45.7. The molecule has 0 saturated heterocycles. The molecule has 0 saturated carbocycles. The molecule has 2 rings (SSSR count). The minimum atomic E-state index is -4.94. The van der Waals surface area contributed by atoms with Crippen LogP contribution in [0.5, 0.6) is 11.5 Å². The molecule has 3 N–H and O–H groups in total. The fourth-order valence-electron chi connectivity index (χ4n) is 3.88. The number of benzene rings is 2. The van der Waals surface area contributed by atoms with Crippen molar-refractivity contribution in [2.24, 2.45) is 5.92 Å². The third-order valence-electron chi connectivity index (χ3n) is 5.38. The number of aromatic hydroxyl groups is 1. The van der Waals surface area contributed by atoms with Crippen LogP contribution < -0.4 is 4.74 Å². The smallest absolute Gasteiger partial charge is 0.433 e. The fraction of sp³-hybridized carbons (Fsp3) is 0.462. The summed E-state index contributed by atoms with van der Waals surface area (Å²) in [5, 5.41) is 28.1. The van der Waals surface area contributed by atoms with Gasteiger partial charge in [-0.15, -0.1) is 0 Å². The van der Waals surface area contributed by atoms with Gasteiger partial charge in [0.2, 0.25) is 6.10 Å². The predicted octanol–water partition coefficient (Wildman–Crippen LogP) is 6.63. The molecule has 0 spiro atoms. The molecule has 1 atom stereocenters. The number of hydrogen-bond donors (Lipinski definition) is 3. The Balaban J connectivity index is 2.61. The van der Waals surface area contributed by atoms with Gasteiger partial charge in [-0.05, 0) is 42.4 Å². The largest absolute Gasteiger partial charge is 0.507 e. The van der Waals surface area contributed by atoms with Crippen molar-refractivity contribution in [2.75, 3.05) is 0 Å². The quantitative estimate of drug-likeness (QED) is 0.316. The SMILES string of the molecule is CCCc1cc(C(=N)C(F)(F)F)c(O)c(CCC)c1OC(C(=O)O)c1ccc(CC(C)C)cc1. The van der Waals surface area contributed by atoms with E-state index in [-0.39, 0.29) is 17.7 Å². The molecular formula is C26H32F3NO4. The molecule has 0 heterocycles. The Labute approximate surface area is 198 Å². The third kappa shape index (κ3) is 6.52. The first-order valence-corrected chi connectivity index (χ1v) is 11.4. The van der Waals surface area contributed by atoms with Crippen molar-refractivity contribution in [1.29, 1.82) is 5.41 Å². The second-order valence-electron chi connectivity index (χ2n) is 8.79. The molecule has 186 valence electrons. The summed E-state index contributed by atoms with van der Waals surface area (Å²) in [6, 6.07) is 8.10. The first-order chi connectivity index (χ1) is 15.9. The van der Waals surface area contributed by atoms with Crippen molar-refractivity contribution < 1.29 is 32.9 Å². The molecule has 8 heteroatoms. The van der Waals surface area contributed by atoms with Gasteiger partial charge in [0, 0.05) is 16.7 Å². The number of phenolic OH excluding ortho intramolecular Hbond substituents is 1. The standard InChI is InChI=1S/C26H32F3NO4/c1-5-7-18-14-20(24(30)26(27,28)29)21(31)19(8-6-2)22(18)34-23(25(32)33)17-11-9-16(10-12-17)13-15(3)4/h9-12,14-15,23,30-31H,5-8,13H2,1-4H3,(H,32,33). The van der Waals surface area contributed by atoms with Gasteiger partial charge >= 0.3 is 12.1 Å². The van der Waals surface area contributed by atoms with E-state index in [1.54, 1.807) is 19.1 Å². The Morgan fingerprint density at radius 1 is 1.09 bits per heavy atom. The summed E-state index contributed by atoms with van der Waals surface area (Å²) in [5.41, 5.74) is -0.431. The molecule has 0 bridgehead atoms. The lowest BCUT2D eigenvalue weighted by atomic mass is 9.94. The molecule has 0 aliphatic rings. The van der Waals surface area contributed by atoms with Gasteiger partial charge in [-0.2, -0.15) is 13.2 Å². The summed E-state index contributed by atoms with van der Waals surface area (Å²) >= 11 is 0. The molecule has 0 fully saturated rings. The van der Waals surface area contributed by atoms with E-state index in [2.05, 4.69) is 13.8 Å². The molecule has 2 aromatic carbocycles. The number of rotatable bonds is 11. The maximum Gasteiger partial charge on any atom is 0.433 e. The highest BCUT2D eigenvalue weighted by Gasteiger charge is 2.38. The number of hydrogen-bond acceptors (Lipinski definition) is 4. The highest BCUT2D eigenvalue weighted by molar-refractivity contribution is 6.05. The van der Waals surface area contributed by atoms with E-state index < -0.39 is 35.3 Å². The average Bonchev–Trinajstić information content (AvgIpc) is 2.74. The zero-order chi connectivity index (χ0) is 25.6. The minimum absolute atomic E-state index is 0.0681. The molecular weight excluding hydrogens is 447 g/mol. The topological polar surface area (TPSA) is 90.6 Å². The van der Waals surface area contributed by atoms with Crippen LogP contribution in [0.25, 0.3) is 0 Å². The van der Waals surface area contributed by atoms with Crippen molar-refractivity contribution in [3.8, 4) is 11.5 Å². The Bertz CT molecular complexity index is 1010. The normalized spacial score (nSPS) is 12.6. The number of aryl methyl sites for hydroxylation is 1. The van der Waals surface area contributed by atoms with Crippen LogP contribution in [0.2, 0.25) is 0 Å². The number of carboxylic acids is 1. The summed E-state index contributed by atoms with van der Waals surface area (Å²) in [4.78, 5) is 12.1. The number of carboxylic acid groups (broad SMARTS) is 1. The summed E-state index contributed by atoms with van der Waals surface area (Å²) in [5.74, 6) is -1.45. The lowest BCUT2D eigenvalue weighted by Crippen LogP contribution is -2.24. The lowest BCUT2D eigenvalue weighted by molar-refractivity contribution is -0.145. The van der Waals surface area contributed by atoms with Crippen molar-refractivity contribution >= 4 is 11.7 Å². The van der Waals surface area contributed by atoms with Crippen molar-refractivity contribution in [1.82, 2.24) is 0 Å². The van der Waals surface area contributed by atoms with Gasteiger partial charge in [0.25, 0.3) is 0 Å². The summed E-state index contributed by atoms with van der Waals surface area (Å²) in [6.45, 7) is 7.77. The van der Waals surface area contributed by atoms with Crippen LogP contribution in [0.1, 0.15) is 74.5 Å². The van der Waals surface area contributed by atoms with Gasteiger partial charge < -0.3 is 14.9 Å². The number of aliphatic carboxylic acids is 1. The zero-order valence-electron chi connectivity index (χ0n) is 19.9. The fourth-order valence-corrected chi connectivity index (χ4v) is 3.88. The summed E-state index contributed by atoms with van der Waals surface area (Å²) in [6.07, 6.45) is -4.03. The Morgan fingerprint density at radius 3 is 2.15 bits per heavy atom. The molecule has 2 aromatic rings. The van der Waals surface area contributed by atoms with Crippen LogP contribution in [-0.2, 0) is 24.1 Å². The highest BCUT2D eigenvalue weighted by atomic mass is 19.4. The van der Waals surface area contributed by atoms with E-state index in [0.717, 1.165) is 18.1 Å². The van der Waals surface area contributed by atoms with Crippen LogP contribution >= 0.6 is 0 Å². The first-order valence-electron chi connectivity index (χ1n) is 11.4. The van der Waals surface area contributed by atoms with Crippen LogP contribution in [0, 0.1) is 11.3 Å². The summed E-state index contributed by atoms with van der Waals surface area (Å²) in [7, 11) is 0. The Morgan fingerprint density at radius 2 is 1.68 bits per heavy atom. The van der Waals surface area contributed by atoms with Crippen molar-refractivity contribution in [2.45, 2.75) is 72.1 Å². The van der Waals surface area contributed by atoms with Gasteiger partial charge in [-0.3, -0.25) is 5.41 Å². The molecule has 0 aliphatic heterocycles. The first kappa shape index (κ1) is 27.2. The van der Waals surface area contributed by atoms with Gasteiger partial charge in [0.05, 0.1) is 0 Å². The van der Waals surface area contributed by atoms with E-state index in [9.17, 15) is 28.2 Å². The third-order valence-corrected chi connectivity index (χ3v) is 5.38. The molecule has 0 amide bonds. The van der Waals surface area contributed by atoms with E-state index in [4.69, 9.17) is 10.1 Å². The maximum atomic E-state index is 13.3. The van der Waals surface area contributed by atoms with E-state index in [1.807, 2.05) is 19.1 Å². The van der Waals surface area contributed by atoms with Crippen molar-refractivity contribution in [3.63, 3.8) is 0 Å². The maximum absolute atomic E-state index is 13.3.